The number of nitrogens with zero attached hydrogens (tertiary/aromatic N) is 3. The monoisotopic (exact) mass is 345 g/mol. The molecule has 2 aromatic rings. The second-order valence-corrected chi connectivity index (χ2v) is 6.44. The number of ether oxygens (including phenoxy) is 1. The third-order valence-corrected chi connectivity index (χ3v) is 4.35. The number of amides is 1. The zero-order chi connectivity index (χ0) is 17.1. The first-order chi connectivity index (χ1) is 11.5. The van der Waals surface area contributed by atoms with E-state index in [1.165, 1.54) is 0 Å². The summed E-state index contributed by atoms with van der Waals surface area (Å²) in [5, 5.41) is 0.487. The first-order valence-corrected chi connectivity index (χ1v) is 8.25. The van der Waals surface area contributed by atoms with Crippen molar-refractivity contribution in [3.63, 3.8) is 0 Å². The van der Waals surface area contributed by atoms with Gasteiger partial charge in [0.25, 0.3) is 5.91 Å². The van der Waals surface area contributed by atoms with E-state index in [2.05, 4.69) is 4.98 Å². The van der Waals surface area contributed by atoms with Crippen LogP contribution >= 0.6 is 11.6 Å². The molecule has 2 heterocycles. The average Bonchev–Trinajstić information content (AvgIpc) is 3.05. The SMILES string of the molecule is CN(C)c1cccc(C(=O)N2CC[C@@H](Oc3ccncc3Cl)C2)c1. The standard InChI is InChI=1S/C18H20ClN3O2/c1-21(2)14-5-3-4-13(10-14)18(23)22-9-7-15(12-22)24-17-6-8-20-11-16(17)19/h3-6,8,10-11,15H,7,9,12H2,1-2H3/t15-/m1/s1. The third kappa shape index (κ3) is 3.62. The van der Waals surface area contributed by atoms with Gasteiger partial charge in [0.05, 0.1) is 6.54 Å². The highest BCUT2D eigenvalue weighted by Gasteiger charge is 2.28. The molecule has 5 nitrogen and oxygen atoms in total. The van der Waals surface area contributed by atoms with Crippen LogP contribution in [0.25, 0.3) is 0 Å². The molecule has 0 unspecified atom stereocenters. The highest BCUT2D eigenvalue weighted by molar-refractivity contribution is 6.31. The Morgan fingerprint density at radius 3 is 2.96 bits per heavy atom. The molecule has 0 bridgehead atoms. The van der Waals surface area contributed by atoms with E-state index in [9.17, 15) is 4.79 Å². The smallest absolute Gasteiger partial charge is 0.254 e. The molecule has 0 aliphatic carbocycles. The van der Waals surface area contributed by atoms with Crippen LogP contribution in [0.1, 0.15) is 16.8 Å². The lowest BCUT2D eigenvalue weighted by atomic mass is 10.1. The molecule has 1 saturated heterocycles. The van der Waals surface area contributed by atoms with Gasteiger partial charge in [0.1, 0.15) is 16.9 Å². The number of hydrogen-bond donors (Lipinski definition) is 0. The van der Waals surface area contributed by atoms with Gasteiger partial charge in [-0.15, -0.1) is 0 Å². The van der Waals surface area contributed by atoms with Gasteiger partial charge in [-0.05, 0) is 18.2 Å². The second-order valence-electron chi connectivity index (χ2n) is 6.03. The second kappa shape index (κ2) is 7.09. The fraction of sp³-hybridized carbons (Fsp3) is 0.333. The molecule has 0 N–H and O–H groups in total. The maximum Gasteiger partial charge on any atom is 0.254 e. The fourth-order valence-electron chi connectivity index (χ4n) is 2.75. The Balaban J connectivity index is 1.66. The molecule has 1 aromatic carbocycles. The average molecular weight is 346 g/mol. The van der Waals surface area contributed by atoms with Gasteiger partial charge in [-0.3, -0.25) is 9.78 Å². The summed E-state index contributed by atoms with van der Waals surface area (Å²) in [6.07, 6.45) is 3.94. The molecule has 0 saturated carbocycles. The largest absolute Gasteiger partial charge is 0.487 e. The molecule has 6 heteroatoms. The summed E-state index contributed by atoms with van der Waals surface area (Å²) < 4.78 is 5.91. The maximum atomic E-state index is 12.7. The molecule has 3 rings (SSSR count). The van der Waals surface area contributed by atoms with Crippen molar-refractivity contribution in [2.75, 3.05) is 32.1 Å². The Morgan fingerprint density at radius 2 is 2.21 bits per heavy atom. The maximum absolute atomic E-state index is 12.7. The zero-order valence-corrected chi connectivity index (χ0v) is 14.5. The summed E-state index contributed by atoms with van der Waals surface area (Å²) in [5.74, 6) is 0.645. The number of aromatic nitrogens is 1. The third-order valence-electron chi connectivity index (χ3n) is 4.07. The van der Waals surface area contributed by atoms with Crippen molar-refractivity contribution in [3.8, 4) is 5.75 Å². The molecule has 0 spiro atoms. The van der Waals surface area contributed by atoms with Crippen molar-refractivity contribution in [1.82, 2.24) is 9.88 Å². The quantitative estimate of drug-likeness (QED) is 0.854. The Bertz CT molecular complexity index is 736. The summed E-state index contributed by atoms with van der Waals surface area (Å²) in [6, 6.07) is 9.40. The molecule has 1 amide bonds. The van der Waals surface area contributed by atoms with Crippen LogP contribution in [0.4, 0.5) is 5.69 Å². The summed E-state index contributed by atoms with van der Waals surface area (Å²) >= 11 is 6.07. The van der Waals surface area contributed by atoms with E-state index >= 15 is 0 Å². The normalized spacial score (nSPS) is 17.0. The molecule has 1 atom stereocenters. The van der Waals surface area contributed by atoms with Gasteiger partial charge >= 0.3 is 0 Å². The number of anilines is 1. The predicted molar refractivity (Wildman–Crippen MR) is 95.0 cm³/mol. The number of benzene rings is 1. The van der Waals surface area contributed by atoms with Crippen LogP contribution in [0.5, 0.6) is 5.75 Å². The molecule has 0 radical (unpaired) electrons. The highest BCUT2D eigenvalue weighted by Crippen LogP contribution is 2.26. The Hall–Kier alpha value is -2.27. The van der Waals surface area contributed by atoms with Crippen LogP contribution in [-0.2, 0) is 0 Å². The fourth-order valence-corrected chi connectivity index (χ4v) is 2.91. The minimum absolute atomic E-state index is 0.0330. The van der Waals surface area contributed by atoms with Crippen molar-refractivity contribution >= 4 is 23.2 Å². The van der Waals surface area contributed by atoms with Crippen LogP contribution < -0.4 is 9.64 Å². The number of pyridine rings is 1. The van der Waals surface area contributed by atoms with Crippen LogP contribution in [-0.4, -0.2) is 49.1 Å². The minimum atomic E-state index is -0.0501. The van der Waals surface area contributed by atoms with E-state index in [1.54, 1.807) is 18.5 Å². The van der Waals surface area contributed by atoms with Gasteiger partial charge in [-0.1, -0.05) is 17.7 Å². The summed E-state index contributed by atoms with van der Waals surface area (Å²) in [6.45, 7) is 1.24. The van der Waals surface area contributed by atoms with Gasteiger partial charge < -0.3 is 14.5 Å². The van der Waals surface area contributed by atoms with E-state index in [0.717, 1.165) is 12.1 Å². The van der Waals surface area contributed by atoms with Crippen LogP contribution in [0.3, 0.4) is 0 Å². The lowest BCUT2D eigenvalue weighted by Gasteiger charge is -2.19. The van der Waals surface area contributed by atoms with Gasteiger partial charge in [0.15, 0.2) is 0 Å². The van der Waals surface area contributed by atoms with E-state index in [-0.39, 0.29) is 12.0 Å². The van der Waals surface area contributed by atoms with Crippen LogP contribution in [0.2, 0.25) is 5.02 Å². The number of carbonyl (C=O) groups is 1. The zero-order valence-electron chi connectivity index (χ0n) is 13.8. The molecular weight excluding hydrogens is 326 g/mol. The van der Waals surface area contributed by atoms with Gasteiger partial charge in [0.2, 0.25) is 0 Å². The van der Waals surface area contributed by atoms with E-state index in [0.29, 0.717) is 29.4 Å². The number of hydrogen-bond acceptors (Lipinski definition) is 4. The number of likely N-dealkylation sites (tertiary alicyclic amines) is 1. The van der Waals surface area contributed by atoms with Crippen molar-refractivity contribution in [2.24, 2.45) is 0 Å². The lowest BCUT2D eigenvalue weighted by molar-refractivity contribution is 0.0772. The van der Waals surface area contributed by atoms with Crippen LogP contribution in [0.15, 0.2) is 42.7 Å². The number of carbonyl (C=O) groups excluding carboxylic acids is 1. The highest BCUT2D eigenvalue weighted by atomic mass is 35.5. The topological polar surface area (TPSA) is 45.7 Å². The van der Waals surface area contributed by atoms with E-state index in [4.69, 9.17) is 16.3 Å². The number of halogens is 1. The molecule has 126 valence electrons. The molecule has 1 aliphatic heterocycles. The van der Waals surface area contributed by atoms with E-state index < -0.39 is 0 Å². The Labute approximate surface area is 146 Å². The van der Waals surface area contributed by atoms with Crippen molar-refractivity contribution < 1.29 is 9.53 Å². The first kappa shape index (κ1) is 16.6. The molecule has 1 aromatic heterocycles. The number of rotatable bonds is 4. The van der Waals surface area contributed by atoms with Crippen molar-refractivity contribution in [2.45, 2.75) is 12.5 Å². The Morgan fingerprint density at radius 1 is 1.38 bits per heavy atom. The molecule has 1 aliphatic rings. The predicted octanol–water partition coefficient (Wildman–Crippen LogP) is 3.09. The van der Waals surface area contributed by atoms with Gasteiger partial charge in [-0.2, -0.15) is 0 Å². The summed E-state index contributed by atoms with van der Waals surface area (Å²) in [4.78, 5) is 20.5. The van der Waals surface area contributed by atoms with E-state index in [1.807, 2.05) is 48.2 Å². The van der Waals surface area contributed by atoms with Gasteiger partial charge in [-0.25, -0.2) is 0 Å². The summed E-state index contributed by atoms with van der Waals surface area (Å²) in [7, 11) is 3.92. The van der Waals surface area contributed by atoms with Crippen molar-refractivity contribution in [3.05, 3.63) is 53.3 Å². The lowest BCUT2D eigenvalue weighted by Crippen LogP contribution is -2.31. The minimum Gasteiger partial charge on any atom is -0.487 e. The molecule has 1 fully saturated rings. The first-order valence-electron chi connectivity index (χ1n) is 7.87. The molecule has 24 heavy (non-hydrogen) atoms. The van der Waals surface area contributed by atoms with Crippen molar-refractivity contribution in [1.29, 1.82) is 0 Å². The van der Waals surface area contributed by atoms with Gasteiger partial charge in [0, 0.05) is 56.8 Å². The van der Waals surface area contributed by atoms with Crippen LogP contribution in [0, 0.1) is 0 Å². The molecular formula is C18H20ClN3O2. The Kier molecular flexibility index (Phi) is 4.90. The summed E-state index contributed by atoms with van der Waals surface area (Å²) in [5.41, 5.74) is 1.71.